The summed E-state index contributed by atoms with van der Waals surface area (Å²) in [6.07, 6.45) is 0.880. The van der Waals surface area contributed by atoms with Crippen LogP contribution in [0.2, 0.25) is 0 Å². The Morgan fingerprint density at radius 3 is 2.54 bits per heavy atom. The van der Waals surface area contributed by atoms with E-state index in [4.69, 9.17) is 21.7 Å². The Morgan fingerprint density at radius 1 is 0.929 bits per heavy atom. The van der Waals surface area contributed by atoms with Crippen LogP contribution >= 0.6 is 12.2 Å². The van der Waals surface area contributed by atoms with Gasteiger partial charge < -0.3 is 20.1 Å². The van der Waals surface area contributed by atoms with Gasteiger partial charge in [-0.3, -0.25) is 5.01 Å². The molecule has 0 aromatic heterocycles. The quantitative estimate of drug-likeness (QED) is 0.772. The van der Waals surface area contributed by atoms with E-state index in [9.17, 15) is 4.79 Å². The van der Waals surface area contributed by atoms with Crippen molar-refractivity contribution < 1.29 is 14.3 Å². The van der Waals surface area contributed by atoms with Crippen molar-refractivity contribution in [3.8, 4) is 11.5 Å². The minimum Gasteiger partial charge on any atom is -0.454 e. The van der Waals surface area contributed by atoms with E-state index in [1.165, 1.54) is 0 Å². The molecule has 28 heavy (non-hydrogen) atoms. The van der Waals surface area contributed by atoms with Crippen LogP contribution < -0.4 is 20.1 Å². The predicted molar refractivity (Wildman–Crippen MR) is 109 cm³/mol. The topological polar surface area (TPSA) is 66.1 Å². The van der Waals surface area contributed by atoms with E-state index < -0.39 is 0 Å². The molecule has 146 valence electrons. The molecular weight excluding hydrogens is 376 g/mol. The van der Waals surface area contributed by atoms with E-state index in [0.29, 0.717) is 31.3 Å². The van der Waals surface area contributed by atoms with E-state index in [-0.39, 0.29) is 12.8 Å². The first-order chi connectivity index (χ1) is 13.7. The largest absolute Gasteiger partial charge is 0.454 e. The van der Waals surface area contributed by atoms with Crippen LogP contribution in [0.15, 0.2) is 48.5 Å². The van der Waals surface area contributed by atoms with Crippen molar-refractivity contribution in [2.45, 2.75) is 19.5 Å². The molecule has 1 fully saturated rings. The number of urea groups is 1. The highest BCUT2D eigenvalue weighted by Gasteiger charge is 2.28. The molecular formula is C20H22N4O3S. The molecule has 1 saturated heterocycles. The highest BCUT2D eigenvalue weighted by Crippen LogP contribution is 2.32. The fraction of sp³-hybridized carbons (Fsp3) is 0.300. The second kappa shape index (κ2) is 8.35. The smallest absolute Gasteiger partial charge is 0.336 e. The first-order valence-corrected chi connectivity index (χ1v) is 9.64. The second-order valence-electron chi connectivity index (χ2n) is 6.59. The van der Waals surface area contributed by atoms with Gasteiger partial charge >= 0.3 is 6.03 Å². The van der Waals surface area contributed by atoms with Gasteiger partial charge in [0, 0.05) is 26.2 Å². The molecule has 0 radical (unpaired) electrons. The number of rotatable bonds is 4. The van der Waals surface area contributed by atoms with Crippen LogP contribution in [0.25, 0.3) is 0 Å². The Labute approximate surface area is 169 Å². The van der Waals surface area contributed by atoms with Crippen LogP contribution in [0.5, 0.6) is 11.5 Å². The SMILES string of the molecule is O=C(NCc1ccccc1)N1CCCN1C(=S)NCc1ccc2c(c1)OCO2. The minimum atomic E-state index is -0.145. The Balaban J connectivity index is 1.31. The van der Waals surface area contributed by atoms with Crippen molar-refractivity contribution in [1.82, 2.24) is 20.7 Å². The van der Waals surface area contributed by atoms with Crippen LogP contribution in [0, 0.1) is 0 Å². The number of benzene rings is 2. The third kappa shape index (κ3) is 4.12. The average molecular weight is 398 g/mol. The number of carbonyl (C=O) groups is 1. The summed E-state index contributed by atoms with van der Waals surface area (Å²) >= 11 is 5.52. The zero-order valence-corrected chi connectivity index (χ0v) is 16.2. The van der Waals surface area contributed by atoms with Gasteiger partial charge in [0.05, 0.1) is 0 Å². The molecule has 0 aliphatic carbocycles. The van der Waals surface area contributed by atoms with Gasteiger partial charge in [0.1, 0.15) is 0 Å². The maximum absolute atomic E-state index is 12.6. The third-order valence-corrected chi connectivity index (χ3v) is 5.02. The molecule has 0 bridgehead atoms. The summed E-state index contributed by atoms with van der Waals surface area (Å²) < 4.78 is 10.7. The number of carbonyl (C=O) groups excluding carboxylic acids is 1. The summed E-state index contributed by atoms with van der Waals surface area (Å²) in [5.41, 5.74) is 2.09. The molecule has 2 aliphatic heterocycles. The fourth-order valence-corrected chi connectivity index (χ4v) is 3.48. The van der Waals surface area contributed by atoms with Crippen molar-refractivity contribution in [3.63, 3.8) is 0 Å². The van der Waals surface area contributed by atoms with Crippen molar-refractivity contribution in [1.29, 1.82) is 0 Å². The number of hydrogen-bond acceptors (Lipinski definition) is 4. The number of fused-ring (bicyclic) bond motifs is 1. The summed E-state index contributed by atoms with van der Waals surface area (Å²) in [7, 11) is 0. The second-order valence-corrected chi connectivity index (χ2v) is 6.98. The van der Waals surface area contributed by atoms with Gasteiger partial charge in [0.2, 0.25) is 6.79 Å². The summed E-state index contributed by atoms with van der Waals surface area (Å²) in [6.45, 7) is 2.65. The Hall–Kier alpha value is -3.00. The molecule has 2 aliphatic rings. The first kappa shape index (κ1) is 18.4. The first-order valence-electron chi connectivity index (χ1n) is 9.24. The van der Waals surface area contributed by atoms with Crippen LogP contribution in [0.3, 0.4) is 0 Å². The van der Waals surface area contributed by atoms with Gasteiger partial charge in [0.15, 0.2) is 16.6 Å². The highest BCUT2D eigenvalue weighted by atomic mass is 32.1. The number of hydrazine groups is 1. The molecule has 2 aromatic rings. The lowest BCUT2D eigenvalue weighted by molar-refractivity contribution is 0.124. The van der Waals surface area contributed by atoms with E-state index >= 15 is 0 Å². The van der Waals surface area contributed by atoms with Crippen molar-refractivity contribution in [3.05, 3.63) is 59.7 Å². The molecule has 8 heteroatoms. The summed E-state index contributed by atoms with van der Waals surface area (Å²) in [4.78, 5) is 12.6. The monoisotopic (exact) mass is 398 g/mol. The molecule has 4 rings (SSSR count). The Kier molecular flexibility index (Phi) is 5.48. The fourth-order valence-electron chi connectivity index (χ4n) is 3.22. The molecule has 0 saturated carbocycles. The number of nitrogens with zero attached hydrogens (tertiary/aromatic N) is 2. The molecule has 7 nitrogen and oxygen atoms in total. The minimum absolute atomic E-state index is 0.145. The van der Waals surface area contributed by atoms with Crippen LogP contribution in [-0.4, -0.2) is 41.0 Å². The van der Waals surface area contributed by atoms with Crippen molar-refractivity contribution >= 4 is 23.4 Å². The molecule has 0 spiro atoms. The number of amides is 2. The molecule has 0 unspecified atom stereocenters. The average Bonchev–Trinajstić information content (AvgIpc) is 3.40. The summed E-state index contributed by atoms with van der Waals surface area (Å²) in [5, 5.41) is 10.2. The van der Waals surface area contributed by atoms with Crippen molar-refractivity contribution in [2.75, 3.05) is 19.9 Å². The number of thiocarbonyl (C=S) groups is 1. The number of hydrogen-bond donors (Lipinski definition) is 2. The lowest BCUT2D eigenvalue weighted by atomic mass is 10.2. The molecule has 2 heterocycles. The van der Waals surface area contributed by atoms with E-state index in [2.05, 4.69) is 10.6 Å². The molecule has 0 atom stereocenters. The number of nitrogens with one attached hydrogen (secondary N) is 2. The Morgan fingerprint density at radius 2 is 1.68 bits per heavy atom. The molecule has 2 aromatic carbocycles. The molecule has 2 amide bonds. The maximum Gasteiger partial charge on any atom is 0.336 e. The van der Waals surface area contributed by atoms with Gasteiger partial charge in [-0.1, -0.05) is 36.4 Å². The van der Waals surface area contributed by atoms with Gasteiger partial charge in [0.25, 0.3) is 0 Å². The number of ether oxygens (including phenoxy) is 2. The maximum atomic E-state index is 12.6. The van der Waals surface area contributed by atoms with Gasteiger partial charge in [-0.2, -0.15) is 0 Å². The predicted octanol–water partition coefficient (Wildman–Crippen LogP) is 2.62. The lowest BCUT2D eigenvalue weighted by Crippen LogP contribution is -2.51. The van der Waals surface area contributed by atoms with Crippen molar-refractivity contribution in [2.24, 2.45) is 0 Å². The van der Waals surface area contributed by atoms with Crippen LogP contribution in [0.1, 0.15) is 17.5 Å². The zero-order chi connectivity index (χ0) is 19.3. The van der Waals surface area contributed by atoms with Crippen LogP contribution in [-0.2, 0) is 13.1 Å². The van der Waals surface area contributed by atoms with Gasteiger partial charge in [-0.05, 0) is 41.9 Å². The van der Waals surface area contributed by atoms with E-state index in [1.807, 2.05) is 53.5 Å². The van der Waals surface area contributed by atoms with Gasteiger partial charge in [-0.25, -0.2) is 9.80 Å². The summed E-state index contributed by atoms with van der Waals surface area (Å²) in [5.74, 6) is 1.50. The Bertz CT molecular complexity index is 862. The van der Waals surface area contributed by atoms with Crippen LogP contribution in [0.4, 0.5) is 4.79 Å². The molecule has 2 N–H and O–H groups in total. The summed E-state index contributed by atoms with van der Waals surface area (Å²) in [6, 6.07) is 15.5. The third-order valence-electron chi connectivity index (χ3n) is 4.67. The lowest BCUT2D eigenvalue weighted by Gasteiger charge is -2.30. The standard InChI is InChI=1S/C20H22N4O3S/c25-19(21-12-15-5-2-1-3-6-15)23-9-4-10-24(23)20(28)22-13-16-7-8-17-18(11-16)27-14-26-17/h1-3,5-8,11H,4,9-10,12-14H2,(H,21,25)(H,22,28). The van der Waals surface area contributed by atoms with Gasteiger partial charge in [-0.15, -0.1) is 0 Å². The zero-order valence-electron chi connectivity index (χ0n) is 15.4. The van der Waals surface area contributed by atoms with E-state index in [1.54, 1.807) is 5.01 Å². The van der Waals surface area contributed by atoms with E-state index in [0.717, 1.165) is 29.0 Å². The highest BCUT2D eigenvalue weighted by molar-refractivity contribution is 7.80. The normalized spacial score (nSPS) is 14.9.